The highest BCUT2D eigenvalue weighted by Crippen LogP contribution is 2.29. The van der Waals surface area contributed by atoms with Crippen LogP contribution in [0.15, 0.2) is 55.0 Å². The fourth-order valence-electron chi connectivity index (χ4n) is 4.98. The van der Waals surface area contributed by atoms with Crippen molar-refractivity contribution >= 4 is 22.7 Å². The van der Waals surface area contributed by atoms with Crippen LogP contribution in [0.3, 0.4) is 0 Å². The summed E-state index contributed by atoms with van der Waals surface area (Å²) in [6.45, 7) is 2.86. The molecule has 160 valence electrons. The van der Waals surface area contributed by atoms with Gasteiger partial charge in [-0.15, -0.1) is 0 Å². The number of aromatic amines is 1. The summed E-state index contributed by atoms with van der Waals surface area (Å²) in [6, 6.07) is 12.1. The maximum Gasteiger partial charge on any atom is 0.242 e. The number of likely N-dealkylation sites (tertiary alicyclic amines) is 1. The lowest BCUT2D eigenvalue weighted by atomic mass is 9.90. The summed E-state index contributed by atoms with van der Waals surface area (Å²) >= 11 is 0. The fraction of sp³-hybridized carbons (Fsp3) is 0.375. The Morgan fingerprint density at radius 3 is 2.84 bits per heavy atom. The smallest absolute Gasteiger partial charge is 0.242 e. The number of carbonyl (C=O) groups excluding carboxylic acids is 2. The van der Waals surface area contributed by atoms with E-state index < -0.39 is 0 Å². The minimum atomic E-state index is -0.216. The van der Waals surface area contributed by atoms with Crippen LogP contribution in [0, 0.1) is 5.92 Å². The first-order valence-corrected chi connectivity index (χ1v) is 10.8. The third-order valence-electron chi connectivity index (χ3n) is 6.67. The van der Waals surface area contributed by atoms with Gasteiger partial charge in [-0.25, -0.2) is 0 Å². The highest BCUT2D eigenvalue weighted by atomic mass is 16.2. The van der Waals surface area contributed by atoms with Crippen LogP contribution in [-0.4, -0.2) is 69.2 Å². The number of para-hydroxylation sites is 1. The molecule has 4 heterocycles. The Balaban J connectivity index is 1.36. The Morgan fingerprint density at radius 1 is 1.13 bits per heavy atom. The summed E-state index contributed by atoms with van der Waals surface area (Å²) in [4.78, 5) is 39.7. The van der Waals surface area contributed by atoms with Crippen molar-refractivity contribution in [3.05, 3.63) is 66.1 Å². The number of hydrogen-bond donors (Lipinski definition) is 1. The van der Waals surface area contributed by atoms with Crippen LogP contribution in [-0.2, 0) is 22.7 Å². The lowest BCUT2D eigenvalue weighted by Crippen LogP contribution is -2.53. The first-order valence-electron chi connectivity index (χ1n) is 10.8. The molecule has 2 aromatic heterocycles. The summed E-state index contributed by atoms with van der Waals surface area (Å²) in [5.41, 5.74) is 3.31. The third kappa shape index (κ3) is 3.81. The fourth-order valence-corrected chi connectivity index (χ4v) is 4.98. The van der Waals surface area contributed by atoms with Gasteiger partial charge in [0.15, 0.2) is 0 Å². The minimum absolute atomic E-state index is 0.00909. The van der Waals surface area contributed by atoms with E-state index in [0.29, 0.717) is 13.1 Å². The highest BCUT2D eigenvalue weighted by molar-refractivity contribution is 5.89. The Kier molecular flexibility index (Phi) is 5.19. The lowest BCUT2D eigenvalue weighted by Gasteiger charge is -2.40. The van der Waals surface area contributed by atoms with E-state index >= 15 is 0 Å². The van der Waals surface area contributed by atoms with Crippen molar-refractivity contribution in [1.82, 2.24) is 24.7 Å². The molecule has 1 aromatic carbocycles. The van der Waals surface area contributed by atoms with Crippen LogP contribution in [0.4, 0.5) is 0 Å². The number of benzene rings is 1. The molecule has 2 aliphatic rings. The van der Waals surface area contributed by atoms with E-state index in [1.54, 1.807) is 22.2 Å². The van der Waals surface area contributed by atoms with Gasteiger partial charge in [-0.05, 0) is 29.7 Å². The van der Waals surface area contributed by atoms with E-state index in [4.69, 9.17) is 0 Å². The Bertz CT molecular complexity index is 1100. The van der Waals surface area contributed by atoms with Gasteiger partial charge >= 0.3 is 0 Å². The Morgan fingerprint density at radius 2 is 2.00 bits per heavy atom. The molecule has 1 N–H and O–H groups in total. The quantitative estimate of drug-likeness (QED) is 0.707. The van der Waals surface area contributed by atoms with Crippen molar-refractivity contribution in [3.63, 3.8) is 0 Å². The molecule has 2 saturated heterocycles. The van der Waals surface area contributed by atoms with E-state index in [9.17, 15) is 9.59 Å². The van der Waals surface area contributed by atoms with Crippen molar-refractivity contribution in [3.8, 4) is 0 Å². The molecule has 3 aromatic rings. The number of pyridine rings is 1. The van der Waals surface area contributed by atoms with Crippen LogP contribution in [0.2, 0.25) is 0 Å². The molecule has 2 atom stereocenters. The number of nitrogens with one attached hydrogen (secondary N) is 1. The lowest BCUT2D eigenvalue weighted by molar-refractivity contribution is -0.138. The first kappa shape index (κ1) is 19.8. The van der Waals surface area contributed by atoms with Gasteiger partial charge in [0.1, 0.15) is 6.54 Å². The number of hydrogen-bond acceptors (Lipinski definition) is 4. The van der Waals surface area contributed by atoms with Gasteiger partial charge < -0.3 is 14.8 Å². The molecule has 2 amide bonds. The molecular weight excluding hydrogens is 390 g/mol. The van der Waals surface area contributed by atoms with Gasteiger partial charge in [-0.2, -0.15) is 0 Å². The molecule has 2 aliphatic heterocycles. The summed E-state index contributed by atoms with van der Waals surface area (Å²) in [5, 5.41) is 1.22. The van der Waals surface area contributed by atoms with Gasteiger partial charge in [0.25, 0.3) is 0 Å². The number of likely N-dealkylation sites (N-methyl/N-ethyl adjacent to an activating group) is 1. The van der Waals surface area contributed by atoms with E-state index in [-0.39, 0.29) is 30.3 Å². The average molecular weight is 418 g/mol. The molecular formula is C24H27N5O2. The van der Waals surface area contributed by atoms with Gasteiger partial charge in [0, 0.05) is 68.8 Å². The molecule has 31 heavy (non-hydrogen) atoms. The van der Waals surface area contributed by atoms with E-state index in [0.717, 1.165) is 30.6 Å². The number of aromatic nitrogens is 2. The number of nitrogens with zero attached hydrogens (tertiary/aromatic N) is 4. The highest BCUT2D eigenvalue weighted by Gasteiger charge is 2.43. The average Bonchev–Trinajstić information content (AvgIpc) is 3.17. The van der Waals surface area contributed by atoms with Gasteiger partial charge in [-0.3, -0.25) is 19.5 Å². The number of fused-ring (bicyclic) bond motifs is 2. The number of H-pyrrole nitrogens is 1. The minimum Gasteiger partial charge on any atom is -0.361 e. The normalized spacial score (nSPS) is 22.6. The molecule has 0 radical (unpaired) electrons. The van der Waals surface area contributed by atoms with Crippen LogP contribution >= 0.6 is 0 Å². The van der Waals surface area contributed by atoms with Gasteiger partial charge in [-0.1, -0.05) is 24.3 Å². The van der Waals surface area contributed by atoms with Crippen LogP contribution in [0.5, 0.6) is 0 Å². The largest absolute Gasteiger partial charge is 0.361 e. The zero-order valence-corrected chi connectivity index (χ0v) is 17.7. The second kappa shape index (κ2) is 8.15. The van der Waals surface area contributed by atoms with Crippen LogP contribution in [0.25, 0.3) is 10.9 Å². The second-order valence-electron chi connectivity index (χ2n) is 8.62. The molecule has 0 bridgehead atoms. The molecule has 7 nitrogen and oxygen atoms in total. The topological polar surface area (TPSA) is 72.5 Å². The Labute approximate surface area is 181 Å². The molecule has 0 saturated carbocycles. The maximum absolute atomic E-state index is 13.5. The van der Waals surface area contributed by atoms with E-state index in [2.05, 4.69) is 39.3 Å². The summed E-state index contributed by atoms with van der Waals surface area (Å²) in [5.74, 6) is -0.142. The summed E-state index contributed by atoms with van der Waals surface area (Å²) < 4.78 is 0. The molecule has 0 spiro atoms. The zero-order valence-electron chi connectivity index (χ0n) is 17.7. The Hall–Kier alpha value is -3.19. The van der Waals surface area contributed by atoms with Gasteiger partial charge in [0.2, 0.25) is 11.8 Å². The predicted octanol–water partition coefficient (Wildman–Crippen LogP) is 2.25. The molecule has 0 aliphatic carbocycles. The van der Waals surface area contributed by atoms with Crippen LogP contribution in [0.1, 0.15) is 17.5 Å². The maximum atomic E-state index is 13.5. The van der Waals surface area contributed by atoms with Gasteiger partial charge in [0.05, 0.1) is 5.92 Å². The summed E-state index contributed by atoms with van der Waals surface area (Å²) in [6.07, 6.45) is 6.35. The van der Waals surface area contributed by atoms with Crippen molar-refractivity contribution in [2.45, 2.75) is 25.6 Å². The number of rotatable bonds is 4. The molecule has 7 heteroatoms. The SMILES string of the molecule is CN1C(=O)CN(Cc2cccnc2)C(=O)[C@H]2CN(Cc3c[nH]c4ccccc34)CC[C@H]21. The first-order chi connectivity index (χ1) is 15.1. The van der Waals surface area contributed by atoms with Crippen molar-refractivity contribution < 1.29 is 9.59 Å². The van der Waals surface area contributed by atoms with Crippen molar-refractivity contribution in [2.24, 2.45) is 5.92 Å². The van der Waals surface area contributed by atoms with Crippen molar-refractivity contribution in [2.75, 3.05) is 26.7 Å². The van der Waals surface area contributed by atoms with Crippen LogP contribution < -0.4 is 0 Å². The summed E-state index contributed by atoms with van der Waals surface area (Å²) in [7, 11) is 1.84. The van der Waals surface area contributed by atoms with E-state index in [1.807, 2.05) is 25.2 Å². The molecule has 0 unspecified atom stereocenters. The number of amides is 2. The number of carbonyl (C=O) groups is 2. The third-order valence-corrected chi connectivity index (χ3v) is 6.67. The predicted molar refractivity (Wildman–Crippen MR) is 118 cm³/mol. The zero-order chi connectivity index (χ0) is 21.4. The molecule has 5 rings (SSSR count). The standard InChI is InChI=1S/C24H27N5O2/c1-27-22-8-10-28(14-18-12-26-21-7-3-2-6-19(18)21)15-20(22)24(31)29(16-23(27)30)13-17-5-4-9-25-11-17/h2-7,9,11-12,20,22,26H,8,10,13-16H2,1H3/t20-,22+/m0/s1. The monoisotopic (exact) mass is 417 g/mol. The second-order valence-corrected chi connectivity index (χ2v) is 8.62. The number of piperidine rings is 1. The van der Waals surface area contributed by atoms with E-state index in [1.165, 1.54) is 10.9 Å². The molecule has 2 fully saturated rings. The van der Waals surface area contributed by atoms with Crippen molar-refractivity contribution in [1.29, 1.82) is 0 Å².